The second-order valence-corrected chi connectivity index (χ2v) is 5.04. The second-order valence-electron chi connectivity index (χ2n) is 5.04. The SMILES string of the molecule is CC(C)C(CO)N(c1ccccc1)c1ccccc1. The van der Waals surface area contributed by atoms with E-state index < -0.39 is 0 Å². The van der Waals surface area contributed by atoms with Crippen LogP contribution in [0.25, 0.3) is 0 Å². The number of benzene rings is 2. The molecule has 0 aliphatic heterocycles. The monoisotopic (exact) mass is 255 g/mol. The van der Waals surface area contributed by atoms with Crippen molar-refractivity contribution in [2.75, 3.05) is 11.5 Å². The average Bonchev–Trinajstić information content (AvgIpc) is 2.46. The Morgan fingerprint density at radius 1 is 0.842 bits per heavy atom. The molecule has 2 aromatic rings. The maximum atomic E-state index is 9.75. The van der Waals surface area contributed by atoms with E-state index in [1.54, 1.807) is 0 Å². The Kier molecular flexibility index (Phi) is 4.58. The van der Waals surface area contributed by atoms with Gasteiger partial charge >= 0.3 is 0 Å². The molecule has 0 fully saturated rings. The highest BCUT2D eigenvalue weighted by atomic mass is 16.3. The van der Waals surface area contributed by atoms with Gasteiger partial charge < -0.3 is 10.0 Å². The zero-order valence-electron chi connectivity index (χ0n) is 11.5. The second kappa shape index (κ2) is 6.39. The molecule has 0 aliphatic rings. The van der Waals surface area contributed by atoms with Gasteiger partial charge in [0.15, 0.2) is 0 Å². The van der Waals surface area contributed by atoms with E-state index in [9.17, 15) is 5.11 Å². The molecule has 0 aliphatic carbocycles. The average molecular weight is 255 g/mol. The number of para-hydroxylation sites is 2. The summed E-state index contributed by atoms with van der Waals surface area (Å²) in [5.74, 6) is 0.366. The third-order valence-electron chi connectivity index (χ3n) is 3.36. The van der Waals surface area contributed by atoms with Crippen molar-refractivity contribution < 1.29 is 5.11 Å². The van der Waals surface area contributed by atoms with Crippen molar-refractivity contribution in [3.63, 3.8) is 0 Å². The maximum absolute atomic E-state index is 9.75. The number of hydrogen-bond donors (Lipinski definition) is 1. The number of hydrogen-bond acceptors (Lipinski definition) is 2. The van der Waals surface area contributed by atoms with Gasteiger partial charge in [0.2, 0.25) is 0 Å². The highest BCUT2D eigenvalue weighted by Crippen LogP contribution is 2.29. The Labute approximate surface area is 115 Å². The third-order valence-corrected chi connectivity index (χ3v) is 3.36. The van der Waals surface area contributed by atoms with Gasteiger partial charge in [0.25, 0.3) is 0 Å². The zero-order valence-corrected chi connectivity index (χ0v) is 11.5. The van der Waals surface area contributed by atoms with Crippen LogP contribution in [0.5, 0.6) is 0 Å². The van der Waals surface area contributed by atoms with Gasteiger partial charge in [-0.25, -0.2) is 0 Å². The molecule has 0 aromatic heterocycles. The largest absolute Gasteiger partial charge is 0.394 e. The van der Waals surface area contributed by atoms with E-state index in [4.69, 9.17) is 0 Å². The number of anilines is 2. The minimum absolute atomic E-state index is 0.0739. The number of rotatable bonds is 5. The summed E-state index contributed by atoms with van der Waals surface area (Å²) in [7, 11) is 0. The Morgan fingerprint density at radius 2 is 1.26 bits per heavy atom. The maximum Gasteiger partial charge on any atom is 0.0641 e. The lowest BCUT2D eigenvalue weighted by Crippen LogP contribution is -2.38. The molecule has 2 heteroatoms. The topological polar surface area (TPSA) is 23.5 Å². The Morgan fingerprint density at radius 3 is 1.58 bits per heavy atom. The van der Waals surface area contributed by atoms with Crippen LogP contribution in [-0.4, -0.2) is 17.8 Å². The van der Waals surface area contributed by atoms with E-state index in [0.717, 1.165) is 11.4 Å². The highest BCUT2D eigenvalue weighted by Gasteiger charge is 2.22. The molecule has 0 spiro atoms. The van der Waals surface area contributed by atoms with Crippen LogP contribution in [-0.2, 0) is 0 Å². The van der Waals surface area contributed by atoms with Gasteiger partial charge in [0.05, 0.1) is 12.6 Å². The quantitative estimate of drug-likeness (QED) is 0.877. The molecule has 0 saturated heterocycles. The summed E-state index contributed by atoms with van der Waals surface area (Å²) in [6.07, 6.45) is 0. The molecule has 1 unspecified atom stereocenters. The van der Waals surface area contributed by atoms with E-state index in [-0.39, 0.29) is 12.6 Å². The number of nitrogens with zero attached hydrogens (tertiary/aromatic N) is 1. The molecule has 0 bridgehead atoms. The van der Waals surface area contributed by atoms with Gasteiger partial charge in [-0.1, -0.05) is 50.2 Å². The lowest BCUT2D eigenvalue weighted by Gasteiger charge is -2.35. The van der Waals surface area contributed by atoms with Gasteiger partial charge in [0, 0.05) is 11.4 Å². The standard InChI is InChI=1S/C17H21NO/c1-14(2)17(13-19)18(15-9-5-3-6-10-15)16-11-7-4-8-12-16/h3-12,14,17,19H,13H2,1-2H3. The Bertz CT molecular complexity index is 442. The summed E-state index contributed by atoms with van der Waals surface area (Å²) in [5.41, 5.74) is 2.22. The van der Waals surface area contributed by atoms with Crippen molar-refractivity contribution in [1.29, 1.82) is 0 Å². The third kappa shape index (κ3) is 3.15. The summed E-state index contributed by atoms with van der Waals surface area (Å²) in [6, 6.07) is 20.5. The summed E-state index contributed by atoms with van der Waals surface area (Å²) >= 11 is 0. The highest BCUT2D eigenvalue weighted by molar-refractivity contribution is 5.64. The fraction of sp³-hybridized carbons (Fsp3) is 0.294. The van der Waals surface area contributed by atoms with Gasteiger partial charge in [-0.15, -0.1) is 0 Å². The normalized spacial score (nSPS) is 12.4. The summed E-state index contributed by atoms with van der Waals surface area (Å²) in [5, 5.41) is 9.75. The summed E-state index contributed by atoms with van der Waals surface area (Å²) < 4.78 is 0. The number of aliphatic hydroxyl groups excluding tert-OH is 1. The van der Waals surface area contributed by atoms with E-state index in [0.29, 0.717) is 5.92 Å². The van der Waals surface area contributed by atoms with E-state index in [2.05, 4.69) is 43.0 Å². The molecule has 0 amide bonds. The molecule has 1 atom stereocenters. The van der Waals surface area contributed by atoms with Crippen molar-refractivity contribution >= 4 is 11.4 Å². The Hall–Kier alpha value is -1.80. The van der Waals surface area contributed by atoms with Crippen LogP contribution >= 0.6 is 0 Å². The lowest BCUT2D eigenvalue weighted by molar-refractivity contribution is 0.237. The molecule has 19 heavy (non-hydrogen) atoms. The Balaban J connectivity index is 2.45. The first kappa shape index (κ1) is 13.6. The molecule has 0 radical (unpaired) electrons. The first-order valence-corrected chi connectivity index (χ1v) is 6.74. The smallest absolute Gasteiger partial charge is 0.0641 e. The van der Waals surface area contributed by atoms with Crippen molar-refractivity contribution in [2.24, 2.45) is 5.92 Å². The molecule has 0 heterocycles. The molecular weight excluding hydrogens is 234 g/mol. The van der Waals surface area contributed by atoms with Gasteiger partial charge in [0.1, 0.15) is 0 Å². The van der Waals surface area contributed by atoms with Crippen LogP contribution in [0.1, 0.15) is 13.8 Å². The molecule has 2 nitrogen and oxygen atoms in total. The van der Waals surface area contributed by atoms with Crippen LogP contribution in [0.4, 0.5) is 11.4 Å². The fourth-order valence-electron chi connectivity index (χ4n) is 2.30. The van der Waals surface area contributed by atoms with Gasteiger partial charge in [-0.2, -0.15) is 0 Å². The minimum Gasteiger partial charge on any atom is -0.394 e. The van der Waals surface area contributed by atoms with E-state index in [1.807, 2.05) is 36.4 Å². The number of aliphatic hydroxyl groups is 1. The van der Waals surface area contributed by atoms with Crippen LogP contribution in [0, 0.1) is 5.92 Å². The van der Waals surface area contributed by atoms with Crippen molar-refractivity contribution in [1.82, 2.24) is 0 Å². The van der Waals surface area contributed by atoms with E-state index >= 15 is 0 Å². The van der Waals surface area contributed by atoms with E-state index in [1.165, 1.54) is 0 Å². The summed E-state index contributed by atoms with van der Waals surface area (Å²) in [4.78, 5) is 2.21. The molecular formula is C17H21NO. The van der Waals surface area contributed by atoms with Crippen molar-refractivity contribution in [3.8, 4) is 0 Å². The van der Waals surface area contributed by atoms with Crippen molar-refractivity contribution in [3.05, 3.63) is 60.7 Å². The van der Waals surface area contributed by atoms with Crippen LogP contribution < -0.4 is 4.90 Å². The predicted octanol–water partition coefficient (Wildman–Crippen LogP) is 3.84. The molecule has 100 valence electrons. The van der Waals surface area contributed by atoms with Crippen LogP contribution in [0.15, 0.2) is 60.7 Å². The molecule has 0 saturated carbocycles. The van der Waals surface area contributed by atoms with Crippen LogP contribution in [0.3, 0.4) is 0 Å². The molecule has 2 aromatic carbocycles. The zero-order chi connectivity index (χ0) is 13.7. The fourth-order valence-corrected chi connectivity index (χ4v) is 2.30. The van der Waals surface area contributed by atoms with Gasteiger partial charge in [-0.05, 0) is 30.2 Å². The first-order chi connectivity index (χ1) is 9.24. The minimum atomic E-state index is 0.0739. The lowest BCUT2D eigenvalue weighted by atomic mass is 10.0. The first-order valence-electron chi connectivity index (χ1n) is 6.74. The van der Waals surface area contributed by atoms with Crippen molar-refractivity contribution in [2.45, 2.75) is 19.9 Å². The summed E-state index contributed by atoms with van der Waals surface area (Å²) in [6.45, 7) is 4.42. The van der Waals surface area contributed by atoms with Crippen LogP contribution in [0.2, 0.25) is 0 Å². The molecule has 1 N–H and O–H groups in total. The molecule has 2 rings (SSSR count). The van der Waals surface area contributed by atoms with Gasteiger partial charge in [-0.3, -0.25) is 0 Å². The predicted molar refractivity (Wildman–Crippen MR) is 80.7 cm³/mol.